The van der Waals surface area contributed by atoms with E-state index in [2.05, 4.69) is 21.2 Å². The van der Waals surface area contributed by atoms with Crippen LogP contribution in [0.4, 0.5) is 0 Å². The van der Waals surface area contributed by atoms with E-state index < -0.39 is 0 Å². The van der Waals surface area contributed by atoms with Gasteiger partial charge in [0, 0.05) is 61.5 Å². The summed E-state index contributed by atoms with van der Waals surface area (Å²) >= 11 is 0. The van der Waals surface area contributed by atoms with E-state index in [0.717, 1.165) is 23.2 Å². The summed E-state index contributed by atoms with van der Waals surface area (Å²) in [5, 5.41) is 6.63. The third-order valence-electron chi connectivity index (χ3n) is 5.57. The lowest BCUT2D eigenvalue weighted by molar-refractivity contribution is 0.0589. The van der Waals surface area contributed by atoms with Gasteiger partial charge in [-0.05, 0) is 36.1 Å². The summed E-state index contributed by atoms with van der Waals surface area (Å²) in [6.07, 6.45) is 6.08. The predicted molar refractivity (Wildman–Crippen MR) is 99.3 cm³/mol. The van der Waals surface area contributed by atoms with E-state index >= 15 is 0 Å². The van der Waals surface area contributed by atoms with Gasteiger partial charge in [0.2, 0.25) is 0 Å². The minimum Gasteiger partial charge on any atom is -0.336 e. The van der Waals surface area contributed by atoms with Crippen molar-refractivity contribution in [1.82, 2.24) is 24.6 Å². The number of nitrogens with one attached hydrogen (secondary N) is 1. The van der Waals surface area contributed by atoms with Gasteiger partial charge in [-0.25, -0.2) is 0 Å². The number of amides is 1. The second-order valence-electron chi connectivity index (χ2n) is 7.34. The topological polar surface area (TPSA) is 83.9 Å². The molecule has 7 heteroatoms. The second-order valence-corrected chi connectivity index (χ2v) is 7.34. The highest BCUT2D eigenvalue weighted by molar-refractivity contribution is 5.92. The van der Waals surface area contributed by atoms with Gasteiger partial charge in [0.1, 0.15) is 5.69 Å². The lowest BCUT2D eigenvalue weighted by Gasteiger charge is -2.42. The monoisotopic (exact) mass is 361 g/mol. The predicted octanol–water partition coefficient (Wildman–Crippen LogP) is 1.89. The summed E-state index contributed by atoms with van der Waals surface area (Å²) in [7, 11) is 0. The number of aromatic nitrogens is 4. The Bertz CT molecular complexity index is 1040. The summed E-state index contributed by atoms with van der Waals surface area (Å²) in [5.41, 5.74) is 3.36. The number of hydrogen-bond acceptors (Lipinski definition) is 4. The fourth-order valence-corrected chi connectivity index (χ4v) is 4.37. The molecule has 0 spiro atoms. The van der Waals surface area contributed by atoms with Crippen LogP contribution in [-0.2, 0) is 6.54 Å². The molecular formula is C20H19N5O2. The molecule has 0 unspecified atom stereocenters. The molecule has 0 saturated carbocycles. The maximum atomic E-state index is 12.7. The van der Waals surface area contributed by atoms with Crippen molar-refractivity contribution >= 4 is 5.91 Å². The minimum absolute atomic E-state index is 0.0226. The highest BCUT2D eigenvalue weighted by atomic mass is 16.2. The molecule has 2 atom stereocenters. The van der Waals surface area contributed by atoms with Crippen molar-refractivity contribution in [2.45, 2.75) is 18.9 Å². The maximum absolute atomic E-state index is 12.7. The van der Waals surface area contributed by atoms with Crippen molar-refractivity contribution in [1.29, 1.82) is 0 Å². The highest BCUT2D eigenvalue weighted by Crippen LogP contribution is 2.36. The van der Waals surface area contributed by atoms with Crippen LogP contribution in [0.5, 0.6) is 0 Å². The van der Waals surface area contributed by atoms with Crippen LogP contribution in [0.2, 0.25) is 0 Å². The Labute approximate surface area is 155 Å². The molecule has 2 aliphatic rings. The zero-order chi connectivity index (χ0) is 18.4. The van der Waals surface area contributed by atoms with Gasteiger partial charge in [0.25, 0.3) is 11.5 Å². The van der Waals surface area contributed by atoms with Gasteiger partial charge in [-0.2, -0.15) is 5.10 Å². The molecule has 0 aliphatic carbocycles. The molecule has 2 bridgehead atoms. The van der Waals surface area contributed by atoms with Gasteiger partial charge in [-0.1, -0.05) is 6.07 Å². The van der Waals surface area contributed by atoms with Gasteiger partial charge >= 0.3 is 0 Å². The molecular weight excluding hydrogens is 342 g/mol. The number of piperidine rings is 1. The van der Waals surface area contributed by atoms with Gasteiger partial charge in [0.15, 0.2) is 0 Å². The van der Waals surface area contributed by atoms with Crippen LogP contribution in [0.3, 0.4) is 0 Å². The fourth-order valence-electron chi connectivity index (χ4n) is 4.37. The summed E-state index contributed by atoms with van der Waals surface area (Å²) < 4.78 is 1.89. The van der Waals surface area contributed by atoms with Crippen molar-refractivity contribution in [3.8, 4) is 11.1 Å². The van der Waals surface area contributed by atoms with Gasteiger partial charge in [-0.15, -0.1) is 0 Å². The van der Waals surface area contributed by atoms with E-state index in [1.165, 1.54) is 0 Å². The molecule has 27 heavy (non-hydrogen) atoms. The Morgan fingerprint density at radius 1 is 1.11 bits per heavy atom. The van der Waals surface area contributed by atoms with Crippen LogP contribution < -0.4 is 5.56 Å². The number of fused-ring (bicyclic) bond motifs is 4. The van der Waals surface area contributed by atoms with Gasteiger partial charge in [-0.3, -0.25) is 19.7 Å². The van der Waals surface area contributed by atoms with E-state index in [-0.39, 0.29) is 17.4 Å². The van der Waals surface area contributed by atoms with Crippen LogP contribution in [0.1, 0.15) is 28.5 Å². The summed E-state index contributed by atoms with van der Waals surface area (Å²) in [4.78, 5) is 31.5. The molecule has 5 heterocycles. The first-order valence-electron chi connectivity index (χ1n) is 9.13. The highest BCUT2D eigenvalue weighted by Gasteiger charge is 2.37. The molecule has 0 radical (unpaired) electrons. The summed E-state index contributed by atoms with van der Waals surface area (Å²) in [5.74, 6) is 0.431. The second kappa shape index (κ2) is 6.19. The molecule has 7 nitrogen and oxygen atoms in total. The van der Waals surface area contributed by atoms with E-state index in [1.807, 2.05) is 21.6 Å². The van der Waals surface area contributed by atoms with Gasteiger partial charge < -0.3 is 9.47 Å². The summed E-state index contributed by atoms with van der Waals surface area (Å²) in [6.45, 7) is 1.94. The number of rotatable bonds is 2. The van der Waals surface area contributed by atoms with Crippen LogP contribution >= 0.6 is 0 Å². The number of H-pyrrole nitrogens is 1. The smallest absolute Gasteiger partial charge is 0.271 e. The Kier molecular flexibility index (Phi) is 3.67. The van der Waals surface area contributed by atoms with Crippen molar-refractivity contribution in [3.63, 3.8) is 0 Å². The normalized spacial score (nSPS) is 21.0. The molecule has 2 aliphatic heterocycles. The lowest BCUT2D eigenvalue weighted by atomic mass is 9.82. The number of aromatic amines is 1. The summed E-state index contributed by atoms with van der Waals surface area (Å²) in [6, 6.07) is 9.30. The number of carbonyl (C=O) groups is 1. The van der Waals surface area contributed by atoms with E-state index in [1.54, 1.807) is 30.7 Å². The van der Waals surface area contributed by atoms with Crippen molar-refractivity contribution in [2.75, 3.05) is 13.1 Å². The largest absolute Gasteiger partial charge is 0.336 e. The fraction of sp³-hybridized carbons (Fsp3) is 0.300. The first-order chi connectivity index (χ1) is 13.2. The lowest BCUT2D eigenvalue weighted by Crippen LogP contribution is -2.49. The van der Waals surface area contributed by atoms with Crippen molar-refractivity contribution < 1.29 is 4.79 Å². The molecule has 1 N–H and O–H groups in total. The van der Waals surface area contributed by atoms with E-state index in [4.69, 9.17) is 0 Å². The SMILES string of the molecule is O=C(c1ccn[nH]1)N1C[C@@H]2C[C@H](C1)c1cc(-c3cccnc3)cc(=O)n1C2. The zero-order valence-electron chi connectivity index (χ0n) is 14.7. The number of likely N-dealkylation sites (tertiary alicyclic amines) is 1. The third kappa shape index (κ3) is 2.75. The molecule has 136 valence electrons. The first kappa shape index (κ1) is 16.0. The van der Waals surface area contributed by atoms with Crippen LogP contribution in [-0.4, -0.2) is 43.6 Å². The molecule has 5 rings (SSSR count). The van der Waals surface area contributed by atoms with Crippen LogP contribution in [0.25, 0.3) is 11.1 Å². The average molecular weight is 361 g/mol. The Morgan fingerprint density at radius 2 is 2.04 bits per heavy atom. The molecule has 3 aromatic heterocycles. The molecule has 1 fully saturated rings. The van der Waals surface area contributed by atoms with Crippen molar-refractivity contribution in [3.05, 3.63) is 70.7 Å². The Hall–Kier alpha value is -3.22. The number of carbonyl (C=O) groups excluding carboxylic acids is 1. The Balaban J connectivity index is 1.51. The van der Waals surface area contributed by atoms with E-state index in [9.17, 15) is 9.59 Å². The number of pyridine rings is 2. The van der Waals surface area contributed by atoms with Crippen LogP contribution in [0.15, 0.2) is 53.7 Å². The first-order valence-corrected chi connectivity index (χ1v) is 9.13. The maximum Gasteiger partial charge on any atom is 0.271 e. The minimum atomic E-state index is -0.0265. The molecule has 0 aromatic carbocycles. The van der Waals surface area contributed by atoms with Crippen molar-refractivity contribution in [2.24, 2.45) is 5.92 Å². The quantitative estimate of drug-likeness (QED) is 0.755. The van der Waals surface area contributed by atoms with Gasteiger partial charge in [0.05, 0.1) is 0 Å². The third-order valence-corrected chi connectivity index (χ3v) is 5.57. The average Bonchev–Trinajstić information content (AvgIpc) is 3.23. The van der Waals surface area contributed by atoms with Crippen LogP contribution in [0, 0.1) is 5.92 Å². The number of hydrogen-bond donors (Lipinski definition) is 1. The molecule has 1 saturated heterocycles. The zero-order valence-corrected chi connectivity index (χ0v) is 14.7. The molecule has 1 amide bonds. The molecule has 3 aromatic rings. The number of nitrogens with zero attached hydrogens (tertiary/aromatic N) is 4. The standard InChI is InChI=1S/C20H19N5O2/c26-19-8-15(14-2-1-4-21-9-14)7-18-16-6-13(11-25(18)19)10-24(12-16)20(27)17-3-5-22-23-17/h1-5,7-9,13,16H,6,10-12H2,(H,22,23)/t13-,16+/m0/s1. The Morgan fingerprint density at radius 3 is 2.81 bits per heavy atom. The van der Waals surface area contributed by atoms with E-state index in [0.29, 0.717) is 31.2 Å².